The highest BCUT2D eigenvalue weighted by molar-refractivity contribution is 5.76. The SMILES string of the molecule is CCC(CC)NC(=O)NCC(CC)C(=O)O. The second-order valence-electron chi connectivity index (χ2n) is 3.81. The fraction of sp³-hybridized carbons (Fsp3) is 0.818. The Kier molecular flexibility index (Phi) is 7.33. The molecule has 0 aromatic carbocycles. The number of amides is 2. The first kappa shape index (κ1) is 14.7. The Hall–Kier alpha value is -1.26. The third-order valence-corrected chi connectivity index (χ3v) is 2.67. The van der Waals surface area contributed by atoms with Crippen LogP contribution in [0.2, 0.25) is 0 Å². The summed E-state index contributed by atoms with van der Waals surface area (Å²) in [5, 5.41) is 14.2. The monoisotopic (exact) mass is 230 g/mol. The fourth-order valence-electron chi connectivity index (χ4n) is 1.35. The normalized spacial score (nSPS) is 12.2. The average molecular weight is 230 g/mol. The minimum absolute atomic E-state index is 0.157. The van der Waals surface area contributed by atoms with Crippen LogP contribution in [0.4, 0.5) is 4.79 Å². The highest BCUT2D eigenvalue weighted by atomic mass is 16.4. The maximum absolute atomic E-state index is 11.4. The summed E-state index contributed by atoms with van der Waals surface area (Å²) in [5.74, 6) is -1.38. The van der Waals surface area contributed by atoms with E-state index in [4.69, 9.17) is 5.11 Å². The van der Waals surface area contributed by atoms with Gasteiger partial charge in [0.2, 0.25) is 0 Å². The molecule has 0 saturated carbocycles. The summed E-state index contributed by atoms with van der Waals surface area (Å²) < 4.78 is 0. The summed E-state index contributed by atoms with van der Waals surface area (Å²) in [7, 11) is 0. The zero-order valence-electron chi connectivity index (χ0n) is 10.2. The Morgan fingerprint density at radius 3 is 2.06 bits per heavy atom. The van der Waals surface area contributed by atoms with Gasteiger partial charge in [0.15, 0.2) is 0 Å². The van der Waals surface area contributed by atoms with Gasteiger partial charge in [-0.25, -0.2) is 4.79 Å². The smallest absolute Gasteiger partial charge is 0.315 e. The van der Waals surface area contributed by atoms with Crippen molar-refractivity contribution in [3.05, 3.63) is 0 Å². The van der Waals surface area contributed by atoms with Crippen molar-refractivity contribution >= 4 is 12.0 Å². The maximum Gasteiger partial charge on any atom is 0.315 e. The zero-order valence-corrected chi connectivity index (χ0v) is 10.2. The summed E-state index contributed by atoms with van der Waals surface area (Å²) in [4.78, 5) is 22.1. The van der Waals surface area contributed by atoms with E-state index in [0.29, 0.717) is 6.42 Å². The lowest BCUT2D eigenvalue weighted by molar-refractivity contribution is -0.141. The molecule has 5 heteroatoms. The standard InChI is InChI=1S/C11H22N2O3/c1-4-8(10(14)15)7-12-11(16)13-9(5-2)6-3/h8-9H,4-7H2,1-3H3,(H,14,15)(H2,12,13,16). The van der Waals surface area contributed by atoms with Crippen molar-refractivity contribution in [3.63, 3.8) is 0 Å². The van der Waals surface area contributed by atoms with Crippen LogP contribution >= 0.6 is 0 Å². The van der Waals surface area contributed by atoms with Crippen molar-refractivity contribution in [2.75, 3.05) is 6.54 Å². The van der Waals surface area contributed by atoms with Crippen LogP contribution in [0.3, 0.4) is 0 Å². The number of carboxylic acids is 1. The molecular weight excluding hydrogens is 208 g/mol. The van der Waals surface area contributed by atoms with Crippen molar-refractivity contribution in [1.29, 1.82) is 0 Å². The molecule has 0 aliphatic heterocycles. The topological polar surface area (TPSA) is 78.4 Å². The lowest BCUT2D eigenvalue weighted by atomic mass is 10.1. The lowest BCUT2D eigenvalue weighted by Crippen LogP contribution is -2.44. The summed E-state index contributed by atoms with van der Waals surface area (Å²) in [5.41, 5.74) is 0. The molecule has 0 aromatic rings. The molecule has 0 fully saturated rings. The molecule has 16 heavy (non-hydrogen) atoms. The van der Waals surface area contributed by atoms with Gasteiger partial charge in [0.25, 0.3) is 0 Å². The van der Waals surface area contributed by atoms with Crippen LogP contribution in [0.5, 0.6) is 0 Å². The van der Waals surface area contributed by atoms with Crippen molar-refractivity contribution < 1.29 is 14.7 Å². The van der Waals surface area contributed by atoms with Gasteiger partial charge in [-0.2, -0.15) is 0 Å². The van der Waals surface area contributed by atoms with E-state index in [1.165, 1.54) is 0 Å². The van der Waals surface area contributed by atoms with Crippen LogP contribution < -0.4 is 10.6 Å². The molecule has 94 valence electrons. The quantitative estimate of drug-likeness (QED) is 0.621. The number of hydrogen-bond donors (Lipinski definition) is 3. The first-order valence-electron chi connectivity index (χ1n) is 5.82. The van der Waals surface area contributed by atoms with E-state index in [9.17, 15) is 9.59 Å². The van der Waals surface area contributed by atoms with Crippen LogP contribution in [0, 0.1) is 5.92 Å². The van der Waals surface area contributed by atoms with Crippen molar-refractivity contribution in [1.82, 2.24) is 10.6 Å². The van der Waals surface area contributed by atoms with Crippen molar-refractivity contribution in [2.24, 2.45) is 5.92 Å². The molecule has 0 aromatic heterocycles. The van der Waals surface area contributed by atoms with Gasteiger partial charge in [0.05, 0.1) is 5.92 Å². The van der Waals surface area contributed by atoms with Crippen LogP contribution in [-0.4, -0.2) is 29.7 Å². The second kappa shape index (κ2) is 7.96. The van der Waals surface area contributed by atoms with Crippen LogP contribution in [0.1, 0.15) is 40.0 Å². The van der Waals surface area contributed by atoms with Crippen molar-refractivity contribution in [3.8, 4) is 0 Å². The van der Waals surface area contributed by atoms with Gasteiger partial charge in [0, 0.05) is 12.6 Å². The Labute approximate surface area is 96.6 Å². The van der Waals surface area contributed by atoms with E-state index >= 15 is 0 Å². The predicted octanol–water partition coefficient (Wildman–Crippen LogP) is 1.58. The van der Waals surface area contributed by atoms with E-state index in [1.807, 2.05) is 13.8 Å². The zero-order chi connectivity index (χ0) is 12.6. The molecule has 1 atom stereocenters. The molecule has 0 radical (unpaired) electrons. The molecular formula is C11H22N2O3. The van der Waals surface area contributed by atoms with Gasteiger partial charge in [-0.05, 0) is 19.3 Å². The summed E-state index contributed by atoms with van der Waals surface area (Å²) in [6.07, 6.45) is 2.26. The number of urea groups is 1. The first-order chi connectivity index (χ1) is 7.54. The number of hydrogen-bond acceptors (Lipinski definition) is 2. The van der Waals surface area contributed by atoms with Crippen molar-refractivity contribution in [2.45, 2.75) is 46.1 Å². The minimum atomic E-state index is -0.870. The summed E-state index contributed by atoms with van der Waals surface area (Å²) >= 11 is 0. The molecule has 0 aliphatic rings. The third-order valence-electron chi connectivity index (χ3n) is 2.67. The van der Waals surface area contributed by atoms with E-state index in [1.54, 1.807) is 6.92 Å². The maximum atomic E-state index is 11.4. The highest BCUT2D eigenvalue weighted by Crippen LogP contribution is 2.00. The van der Waals surface area contributed by atoms with Gasteiger partial charge in [-0.3, -0.25) is 4.79 Å². The van der Waals surface area contributed by atoms with Crippen LogP contribution in [0.15, 0.2) is 0 Å². The number of carbonyl (C=O) groups is 2. The van der Waals surface area contributed by atoms with E-state index in [-0.39, 0.29) is 18.6 Å². The molecule has 0 aliphatic carbocycles. The van der Waals surface area contributed by atoms with Gasteiger partial charge in [-0.15, -0.1) is 0 Å². The van der Waals surface area contributed by atoms with Gasteiger partial charge in [0.1, 0.15) is 0 Å². The lowest BCUT2D eigenvalue weighted by Gasteiger charge is -2.16. The molecule has 3 N–H and O–H groups in total. The Morgan fingerprint density at radius 1 is 1.12 bits per heavy atom. The van der Waals surface area contributed by atoms with Gasteiger partial charge < -0.3 is 15.7 Å². The van der Waals surface area contributed by atoms with E-state index < -0.39 is 11.9 Å². The van der Waals surface area contributed by atoms with Crippen LogP contribution in [-0.2, 0) is 4.79 Å². The number of rotatable bonds is 7. The fourth-order valence-corrected chi connectivity index (χ4v) is 1.35. The van der Waals surface area contributed by atoms with Crippen LogP contribution in [0.25, 0.3) is 0 Å². The number of aliphatic carboxylic acids is 1. The molecule has 0 rings (SSSR count). The largest absolute Gasteiger partial charge is 0.481 e. The van der Waals surface area contributed by atoms with E-state index in [2.05, 4.69) is 10.6 Å². The van der Waals surface area contributed by atoms with Gasteiger partial charge >= 0.3 is 12.0 Å². The number of carboxylic acid groups (broad SMARTS) is 1. The highest BCUT2D eigenvalue weighted by Gasteiger charge is 2.16. The molecule has 0 heterocycles. The Bertz CT molecular complexity index is 227. The Morgan fingerprint density at radius 2 is 1.69 bits per heavy atom. The summed E-state index contributed by atoms with van der Waals surface area (Å²) in [6, 6.07) is -0.127. The number of carbonyl (C=O) groups excluding carboxylic acids is 1. The average Bonchev–Trinajstić information content (AvgIpc) is 2.26. The number of nitrogens with one attached hydrogen (secondary N) is 2. The molecule has 0 spiro atoms. The second-order valence-corrected chi connectivity index (χ2v) is 3.81. The molecule has 0 saturated heterocycles. The molecule has 2 amide bonds. The minimum Gasteiger partial charge on any atom is -0.481 e. The molecule has 1 unspecified atom stereocenters. The summed E-state index contributed by atoms with van der Waals surface area (Å²) in [6.45, 7) is 5.97. The van der Waals surface area contributed by atoms with E-state index in [0.717, 1.165) is 12.8 Å². The Balaban J connectivity index is 3.92. The third kappa shape index (κ3) is 5.58. The molecule has 0 bridgehead atoms. The first-order valence-corrected chi connectivity index (χ1v) is 5.82. The van der Waals surface area contributed by atoms with Gasteiger partial charge in [-0.1, -0.05) is 20.8 Å². The predicted molar refractivity (Wildman–Crippen MR) is 62.3 cm³/mol. The molecule has 5 nitrogen and oxygen atoms in total.